The predicted octanol–water partition coefficient (Wildman–Crippen LogP) is 1.13. The van der Waals surface area contributed by atoms with Crippen molar-refractivity contribution in [3.63, 3.8) is 0 Å². The molecule has 5 heteroatoms. The van der Waals surface area contributed by atoms with Crippen LogP contribution in [0, 0.1) is 13.8 Å². The molecule has 0 aliphatic heterocycles. The molecule has 80 valence electrons. The molecule has 0 aliphatic carbocycles. The smallest absolute Gasteiger partial charge is 0.0844 e. The minimum Gasteiger partial charge on any atom is -0.378 e. The lowest BCUT2D eigenvalue weighted by Gasteiger charge is -2.04. The molecule has 1 rings (SSSR count). The lowest BCUT2D eigenvalue weighted by atomic mass is 10.4. The van der Waals surface area contributed by atoms with E-state index in [0.717, 1.165) is 23.0 Å². The first-order chi connectivity index (χ1) is 6.66. The van der Waals surface area contributed by atoms with Gasteiger partial charge >= 0.3 is 0 Å². The fourth-order valence-corrected chi connectivity index (χ4v) is 1.36. The zero-order chi connectivity index (χ0) is 10.6. The normalized spacial score (nSPS) is 10.9. The molecule has 0 fully saturated rings. The highest BCUT2D eigenvalue weighted by Crippen LogP contribution is 2.18. The Morgan fingerprint density at radius 3 is 2.64 bits per heavy atom. The van der Waals surface area contributed by atoms with E-state index in [2.05, 4.69) is 5.10 Å². The van der Waals surface area contributed by atoms with Gasteiger partial charge < -0.3 is 10.5 Å². The van der Waals surface area contributed by atoms with E-state index in [1.807, 2.05) is 18.5 Å². The topological polar surface area (TPSA) is 53.1 Å². The average molecular weight is 218 g/mol. The molecule has 0 saturated heterocycles. The summed E-state index contributed by atoms with van der Waals surface area (Å²) in [4.78, 5) is 0. The predicted molar refractivity (Wildman–Crippen MR) is 56.6 cm³/mol. The van der Waals surface area contributed by atoms with Crippen LogP contribution in [0.2, 0.25) is 5.02 Å². The Kier molecular flexibility index (Phi) is 4.38. The number of aromatic nitrogens is 2. The molecule has 0 amide bonds. The summed E-state index contributed by atoms with van der Waals surface area (Å²) >= 11 is 5.99. The van der Waals surface area contributed by atoms with Gasteiger partial charge in [-0.15, -0.1) is 0 Å². The zero-order valence-corrected chi connectivity index (χ0v) is 9.34. The Hall–Kier alpha value is -0.580. The number of hydrogen-bond donors (Lipinski definition) is 1. The van der Waals surface area contributed by atoms with Crippen LogP contribution in [0.5, 0.6) is 0 Å². The molecule has 2 N–H and O–H groups in total. The van der Waals surface area contributed by atoms with Crippen LogP contribution < -0.4 is 5.73 Å². The van der Waals surface area contributed by atoms with Crippen LogP contribution in [-0.4, -0.2) is 29.5 Å². The van der Waals surface area contributed by atoms with E-state index in [1.165, 1.54) is 0 Å². The van der Waals surface area contributed by atoms with Gasteiger partial charge in [-0.25, -0.2) is 0 Å². The molecule has 4 nitrogen and oxygen atoms in total. The van der Waals surface area contributed by atoms with Gasteiger partial charge in [0.15, 0.2) is 0 Å². The first-order valence-electron chi connectivity index (χ1n) is 4.64. The summed E-state index contributed by atoms with van der Waals surface area (Å²) in [6, 6.07) is 0. The third kappa shape index (κ3) is 2.70. The summed E-state index contributed by atoms with van der Waals surface area (Å²) in [6.45, 7) is 6.33. The number of halogens is 1. The van der Waals surface area contributed by atoms with E-state index in [0.29, 0.717) is 19.8 Å². The molecule has 1 aromatic rings. The number of aryl methyl sites for hydroxylation is 1. The van der Waals surface area contributed by atoms with Crippen molar-refractivity contribution in [1.82, 2.24) is 9.78 Å². The van der Waals surface area contributed by atoms with E-state index in [4.69, 9.17) is 22.1 Å². The number of nitrogens with two attached hydrogens (primary N) is 1. The van der Waals surface area contributed by atoms with Crippen LogP contribution in [0.1, 0.15) is 11.4 Å². The molecule has 1 aromatic heterocycles. The van der Waals surface area contributed by atoms with Crippen molar-refractivity contribution in [2.75, 3.05) is 19.8 Å². The van der Waals surface area contributed by atoms with Crippen molar-refractivity contribution in [2.45, 2.75) is 20.4 Å². The van der Waals surface area contributed by atoms with Gasteiger partial charge in [-0.1, -0.05) is 11.6 Å². The molecule has 0 spiro atoms. The zero-order valence-electron chi connectivity index (χ0n) is 8.59. The summed E-state index contributed by atoms with van der Waals surface area (Å²) in [5.74, 6) is 0. The standard InChI is InChI=1S/C9H16ClN3O/c1-7-9(10)8(2)13(12-7)4-6-14-5-3-11/h3-6,11H2,1-2H3. The fraction of sp³-hybridized carbons (Fsp3) is 0.667. The molecule has 0 unspecified atom stereocenters. The van der Waals surface area contributed by atoms with E-state index in [1.54, 1.807) is 0 Å². The van der Waals surface area contributed by atoms with Gasteiger partial charge in [0.1, 0.15) is 0 Å². The summed E-state index contributed by atoms with van der Waals surface area (Å²) < 4.78 is 7.12. The van der Waals surface area contributed by atoms with E-state index >= 15 is 0 Å². The van der Waals surface area contributed by atoms with Gasteiger partial charge in [-0.05, 0) is 13.8 Å². The largest absolute Gasteiger partial charge is 0.378 e. The van der Waals surface area contributed by atoms with Crippen molar-refractivity contribution in [1.29, 1.82) is 0 Å². The van der Waals surface area contributed by atoms with Gasteiger partial charge in [0.05, 0.1) is 36.2 Å². The third-order valence-electron chi connectivity index (χ3n) is 2.00. The molecule has 0 atom stereocenters. The van der Waals surface area contributed by atoms with Crippen LogP contribution in [0.25, 0.3) is 0 Å². The van der Waals surface area contributed by atoms with Gasteiger partial charge in [-0.3, -0.25) is 4.68 Å². The second-order valence-corrected chi connectivity index (χ2v) is 3.49. The number of nitrogens with zero attached hydrogens (tertiary/aromatic N) is 2. The maximum Gasteiger partial charge on any atom is 0.0844 e. The molecule has 0 saturated carbocycles. The SMILES string of the molecule is Cc1nn(CCOCCN)c(C)c1Cl. The molecular weight excluding hydrogens is 202 g/mol. The Labute approximate surface area is 89.0 Å². The minimum atomic E-state index is 0.553. The van der Waals surface area contributed by atoms with Crippen LogP contribution in [0.15, 0.2) is 0 Å². The second kappa shape index (κ2) is 5.34. The Bertz CT molecular complexity index is 298. The Morgan fingerprint density at radius 2 is 2.14 bits per heavy atom. The second-order valence-electron chi connectivity index (χ2n) is 3.11. The van der Waals surface area contributed by atoms with E-state index in [-0.39, 0.29) is 0 Å². The van der Waals surface area contributed by atoms with Crippen LogP contribution in [0.4, 0.5) is 0 Å². The fourth-order valence-electron chi connectivity index (χ4n) is 1.23. The van der Waals surface area contributed by atoms with E-state index in [9.17, 15) is 0 Å². The highest BCUT2D eigenvalue weighted by molar-refractivity contribution is 6.31. The van der Waals surface area contributed by atoms with Crippen molar-refractivity contribution >= 4 is 11.6 Å². The molecule has 0 bridgehead atoms. The van der Waals surface area contributed by atoms with Crippen molar-refractivity contribution < 1.29 is 4.74 Å². The van der Waals surface area contributed by atoms with Crippen molar-refractivity contribution in [2.24, 2.45) is 5.73 Å². The molecular formula is C9H16ClN3O. The highest BCUT2D eigenvalue weighted by Gasteiger charge is 2.07. The van der Waals surface area contributed by atoms with Crippen LogP contribution >= 0.6 is 11.6 Å². The van der Waals surface area contributed by atoms with Gasteiger partial charge in [0.2, 0.25) is 0 Å². The molecule has 0 aromatic carbocycles. The number of hydrogen-bond acceptors (Lipinski definition) is 3. The van der Waals surface area contributed by atoms with Gasteiger partial charge in [-0.2, -0.15) is 5.10 Å². The molecule has 0 aliphatic rings. The van der Waals surface area contributed by atoms with Gasteiger partial charge in [0, 0.05) is 6.54 Å². The highest BCUT2D eigenvalue weighted by atomic mass is 35.5. The summed E-state index contributed by atoms with van der Waals surface area (Å²) in [5.41, 5.74) is 7.15. The monoisotopic (exact) mass is 217 g/mol. The van der Waals surface area contributed by atoms with Gasteiger partial charge in [0.25, 0.3) is 0 Å². The Balaban J connectivity index is 2.47. The first kappa shape index (κ1) is 11.5. The molecule has 1 heterocycles. The maximum atomic E-state index is 5.99. The summed E-state index contributed by atoms with van der Waals surface area (Å²) in [7, 11) is 0. The lowest BCUT2D eigenvalue weighted by Crippen LogP contribution is -2.13. The molecule has 14 heavy (non-hydrogen) atoms. The summed E-state index contributed by atoms with van der Waals surface area (Å²) in [6.07, 6.45) is 0. The van der Waals surface area contributed by atoms with Crippen LogP contribution in [0.3, 0.4) is 0 Å². The van der Waals surface area contributed by atoms with Crippen LogP contribution in [-0.2, 0) is 11.3 Å². The van der Waals surface area contributed by atoms with Crippen molar-refractivity contribution in [3.05, 3.63) is 16.4 Å². The average Bonchev–Trinajstić information content (AvgIpc) is 2.41. The number of rotatable bonds is 5. The minimum absolute atomic E-state index is 0.553. The quantitative estimate of drug-likeness (QED) is 0.753. The third-order valence-corrected chi connectivity index (χ3v) is 2.55. The van der Waals surface area contributed by atoms with E-state index < -0.39 is 0 Å². The number of ether oxygens (including phenoxy) is 1. The lowest BCUT2D eigenvalue weighted by molar-refractivity contribution is 0.130. The Morgan fingerprint density at radius 1 is 1.43 bits per heavy atom. The first-order valence-corrected chi connectivity index (χ1v) is 5.02. The summed E-state index contributed by atoms with van der Waals surface area (Å²) in [5, 5.41) is 5.02. The molecule has 0 radical (unpaired) electrons. The van der Waals surface area contributed by atoms with Crippen molar-refractivity contribution in [3.8, 4) is 0 Å². The maximum absolute atomic E-state index is 5.99.